The van der Waals surface area contributed by atoms with Gasteiger partial charge >= 0.3 is 0 Å². The van der Waals surface area contributed by atoms with Gasteiger partial charge in [-0.2, -0.15) is 0 Å². The van der Waals surface area contributed by atoms with E-state index in [1.54, 1.807) is 18.3 Å². The van der Waals surface area contributed by atoms with Crippen LogP contribution < -0.4 is 0 Å². The van der Waals surface area contributed by atoms with Crippen molar-refractivity contribution in [3.63, 3.8) is 0 Å². The number of H-pyrrole nitrogens is 1. The second-order valence-electron chi connectivity index (χ2n) is 9.04. The van der Waals surface area contributed by atoms with E-state index in [2.05, 4.69) is 16.0 Å². The second-order valence-corrected chi connectivity index (χ2v) is 11.1. The summed E-state index contributed by atoms with van der Waals surface area (Å²) in [5, 5.41) is 18.9. The molecule has 3 atom stereocenters. The molecule has 3 N–H and O–H groups in total. The quantitative estimate of drug-likeness (QED) is 0.542. The number of nitrogens with one attached hydrogen (secondary N) is 1. The van der Waals surface area contributed by atoms with Gasteiger partial charge in [0, 0.05) is 42.8 Å². The predicted octanol–water partition coefficient (Wildman–Crippen LogP) is 3.51. The molecule has 2 aromatic rings. The van der Waals surface area contributed by atoms with Gasteiger partial charge in [0.1, 0.15) is 6.10 Å². The Kier molecular flexibility index (Phi) is 7.48. The molecule has 1 fully saturated rings. The van der Waals surface area contributed by atoms with E-state index in [9.17, 15) is 13.5 Å². The Labute approximate surface area is 195 Å². The topological polar surface area (TPSA) is 113 Å². The number of hydrogen-bond acceptors (Lipinski definition) is 6. The van der Waals surface area contributed by atoms with Gasteiger partial charge in [-0.3, -0.25) is 4.98 Å². The van der Waals surface area contributed by atoms with Crippen LogP contribution in [-0.4, -0.2) is 54.7 Å². The molecular formula is C25H32N2O5S. The van der Waals surface area contributed by atoms with Gasteiger partial charge in [-0.25, -0.2) is 8.42 Å². The molecule has 33 heavy (non-hydrogen) atoms. The van der Waals surface area contributed by atoms with Gasteiger partial charge in [-0.1, -0.05) is 18.2 Å². The van der Waals surface area contributed by atoms with Crippen LogP contribution in [0.25, 0.3) is 11.4 Å². The van der Waals surface area contributed by atoms with E-state index in [0.29, 0.717) is 22.8 Å². The molecule has 1 saturated heterocycles. The van der Waals surface area contributed by atoms with E-state index in [1.165, 1.54) is 6.26 Å². The highest BCUT2D eigenvalue weighted by Crippen LogP contribution is 2.39. The first-order valence-corrected chi connectivity index (χ1v) is 13.3. The zero-order valence-corrected chi connectivity index (χ0v) is 19.7. The van der Waals surface area contributed by atoms with Crippen molar-refractivity contribution in [2.24, 2.45) is 11.8 Å². The summed E-state index contributed by atoms with van der Waals surface area (Å²) in [7, 11) is -3.20. The van der Waals surface area contributed by atoms with Crippen LogP contribution in [0.15, 0.2) is 53.6 Å². The number of aromatic nitrogens is 2. The molecule has 4 rings (SSSR count). The lowest BCUT2D eigenvalue weighted by molar-refractivity contribution is 0.0601. The van der Waals surface area contributed by atoms with Crippen molar-refractivity contribution in [1.82, 2.24) is 9.97 Å². The minimum absolute atomic E-state index is 0.208. The number of allylic oxidation sites excluding steroid dienone is 3. The fourth-order valence-corrected chi connectivity index (χ4v) is 5.43. The van der Waals surface area contributed by atoms with Gasteiger partial charge in [-0.15, -0.1) is 0 Å². The molecule has 0 bridgehead atoms. The largest absolute Gasteiger partial charge is 0.393 e. The molecule has 0 aromatic carbocycles. The van der Waals surface area contributed by atoms with Crippen molar-refractivity contribution < 1.29 is 23.4 Å². The van der Waals surface area contributed by atoms with Gasteiger partial charge in [0.2, 0.25) is 0 Å². The fraction of sp³-hybridized carbons (Fsp3) is 0.480. The van der Waals surface area contributed by atoms with Crippen LogP contribution in [0.2, 0.25) is 0 Å². The minimum Gasteiger partial charge on any atom is -0.393 e. The molecule has 0 radical (unpaired) electrons. The van der Waals surface area contributed by atoms with Crippen molar-refractivity contribution in [1.29, 1.82) is 0 Å². The Morgan fingerprint density at radius 2 is 2.00 bits per heavy atom. The predicted molar refractivity (Wildman–Crippen MR) is 127 cm³/mol. The minimum atomic E-state index is -3.20. The van der Waals surface area contributed by atoms with E-state index < -0.39 is 15.9 Å². The van der Waals surface area contributed by atoms with Gasteiger partial charge in [0.25, 0.3) is 0 Å². The highest BCUT2D eigenvalue weighted by atomic mass is 32.2. The summed E-state index contributed by atoms with van der Waals surface area (Å²) in [4.78, 5) is 8.38. The second kappa shape index (κ2) is 10.3. The zero-order chi connectivity index (χ0) is 23.4. The van der Waals surface area contributed by atoms with Crippen LogP contribution >= 0.6 is 0 Å². The summed E-state index contributed by atoms with van der Waals surface area (Å²) in [6, 6.07) is 7.71. The lowest BCUT2D eigenvalue weighted by Crippen LogP contribution is -2.22. The van der Waals surface area contributed by atoms with Crippen LogP contribution in [0.1, 0.15) is 49.0 Å². The molecule has 7 nitrogen and oxygen atoms in total. The Morgan fingerprint density at radius 1 is 1.21 bits per heavy atom. The number of pyridine rings is 1. The number of sulfone groups is 1. The number of aromatic amines is 1. The number of rotatable bonds is 8. The average Bonchev–Trinajstić information content (AvgIpc) is 3.32. The van der Waals surface area contributed by atoms with Crippen molar-refractivity contribution in [3.8, 4) is 11.4 Å². The maximum Gasteiger partial charge on any atom is 0.175 e. The Balaban J connectivity index is 1.57. The average molecular weight is 473 g/mol. The van der Waals surface area contributed by atoms with Crippen molar-refractivity contribution in [2.75, 3.05) is 26.1 Å². The van der Waals surface area contributed by atoms with E-state index in [1.807, 2.05) is 24.3 Å². The normalized spacial score (nSPS) is 21.5. The molecule has 3 heterocycles. The van der Waals surface area contributed by atoms with Crippen LogP contribution in [0.5, 0.6) is 0 Å². The molecule has 8 heteroatoms. The molecule has 3 unspecified atom stereocenters. The van der Waals surface area contributed by atoms with Gasteiger partial charge in [-0.05, 0) is 61.8 Å². The summed E-state index contributed by atoms with van der Waals surface area (Å²) in [6.45, 7) is 1.25. The molecule has 0 amide bonds. The summed E-state index contributed by atoms with van der Waals surface area (Å²) in [5.74, 6) is 1.01. The number of nitrogens with zero attached hydrogens (tertiary/aromatic N) is 1. The maximum atomic E-state index is 11.9. The molecule has 1 aliphatic carbocycles. The van der Waals surface area contributed by atoms with Crippen LogP contribution in [0, 0.1) is 11.8 Å². The fourth-order valence-electron chi connectivity index (χ4n) is 4.71. The van der Waals surface area contributed by atoms with Gasteiger partial charge < -0.3 is 19.9 Å². The summed E-state index contributed by atoms with van der Waals surface area (Å²) >= 11 is 0. The third kappa shape index (κ3) is 5.81. The first-order chi connectivity index (χ1) is 15.8. The summed E-state index contributed by atoms with van der Waals surface area (Å²) < 4.78 is 29.4. The number of aliphatic hydroxyl groups excluding tert-OH is 2. The molecule has 1 aliphatic heterocycles. The molecule has 178 valence electrons. The van der Waals surface area contributed by atoms with Crippen molar-refractivity contribution in [2.45, 2.75) is 37.7 Å². The van der Waals surface area contributed by atoms with Gasteiger partial charge in [0.15, 0.2) is 9.84 Å². The van der Waals surface area contributed by atoms with E-state index in [0.717, 1.165) is 49.6 Å². The van der Waals surface area contributed by atoms with Crippen molar-refractivity contribution in [3.05, 3.63) is 64.9 Å². The highest BCUT2D eigenvalue weighted by molar-refractivity contribution is 7.94. The number of hydrogen-bond donors (Lipinski definition) is 3. The lowest BCUT2D eigenvalue weighted by atomic mass is 9.77. The highest BCUT2D eigenvalue weighted by Gasteiger charge is 2.29. The standard InChI is InChI=1S/C25H32N2O5S/c1-33(30,31)20-5-2-18(3-6-20)21(14-17-10-12-32-13-11-17)22-8-9-24(27-22)23-7-4-19(15-26-23)25(29)16-28/h2,4-9,15,17-18,21,25,27-29H,3,10-14,16H2,1H3. The van der Waals surface area contributed by atoms with Gasteiger partial charge in [0.05, 0.1) is 22.9 Å². The van der Waals surface area contributed by atoms with E-state index in [-0.39, 0.29) is 18.4 Å². The molecule has 2 aromatic heterocycles. The maximum absolute atomic E-state index is 11.9. The zero-order valence-electron chi connectivity index (χ0n) is 18.9. The molecular weight excluding hydrogens is 440 g/mol. The van der Waals surface area contributed by atoms with Crippen LogP contribution in [0.4, 0.5) is 0 Å². The molecule has 0 saturated carbocycles. The SMILES string of the molecule is CS(=O)(=O)C1=CCC(C(CC2CCOCC2)c2ccc(-c3ccc(C(O)CO)cn3)[nH]2)C=C1. The van der Waals surface area contributed by atoms with E-state index in [4.69, 9.17) is 9.84 Å². The van der Waals surface area contributed by atoms with E-state index >= 15 is 0 Å². The number of aliphatic hydroxyl groups is 2. The van der Waals surface area contributed by atoms with Crippen LogP contribution in [-0.2, 0) is 14.6 Å². The first-order valence-electron chi connectivity index (χ1n) is 11.5. The Morgan fingerprint density at radius 3 is 2.61 bits per heavy atom. The first kappa shape index (κ1) is 23.9. The monoisotopic (exact) mass is 472 g/mol. The Bertz CT molecular complexity index is 1100. The summed E-state index contributed by atoms with van der Waals surface area (Å²) in [5.41, 5.74) is 3.34. The van der Waals surface area contributed by atoms with Crippen molar-refractivity contribution >= 4 is 9.84 Å². The summed E-state index contributed by atoms with van der Waals surface area (Å²) in [6.07, 6.45) is 11.3. The third-order valence-corrected chi connectivity index (χ3v) is 7.86. The molecule has 0 spiro atoms. The smallest absolute Gasteiger partial charge is 0.175 e. The molecule has 2 aliphatic rings. The van der Waals surface area contributed by atoms with Crippen LogP contribution in [0.3, 0.4) is 0 Å². The Hall–Kier alpha value is -2.26. The lowest BCUT2D eigenvalue weighted by Gasteiger charge is -2.31. The number of ether oxygens (including phenoxy) is 1. The third-order valence-electron chi connectivity index (χ3n) is 6.70.